The molecule has 2 rings (SSSR count). The predicted molar refractivity (Wildman–Crippen MR) is 80.5 cm³/mol. The quantitative estimate of drug-likeness (QED) is 0.870. The summed E-state index contributed by atoms with van der Waals surface area (Å²) in [6.07, 6.45) is 2.34. The fourth-order valence-electron chi connectivity index (χ4n) is 2.21. The zero-order valence-electron chi connectivity index (χ0n) is 12.3. The lowest BCUT2D eigenvalue weighted by Gasteiger charge is -2.25. The van der Waals surface area contributed by atoms with Crippen molar-refractivity contribution >= 4 is 23.5 Å². The lowest BCUT2D eigenvalue weighted by molar-refractivity contribution is 0.000579. The van der Waals surface area contributed by atoms with Crippen LogP contribution in [0.2, 0.25) is 5.28 Å². The lowest BCUT2D eigenvalue weighted by Crippen LogP contribution is -2.34. The summed E-state index contributed by atoms with van der Waals surface area (Å²) in [6.45, 7) is 9.26. The molecule has 112 valence electrons. The Balaban J connectivity index is 2.04. The Hall–Kier alpha value is -1.14. The van der Waals surface area contributed by atoms with Crippen LogP contribution in [0.5, 0.6) is 0 Å². The van der Waals surface area contributed by atoms with Gasteiger partial charge in [0.1, 0.15) is 0 Å². The molecule has 2 heterocycles. The Kier molecular flexibility index (Phi) is 4.99. The zero-order valence-corrected chi connectivity index (χ0v) is 13.1. The molecule has 0 radical (unpaired) electrons. The zero-order chi connectivity index (χ0) is 14.6. The third-order valence-corrected chi connectivity index (χ3v) is 3.36. The largest absolute Gasteiger partial charge is 0.374 e. The highest BCUT2D eigenvalue weighted by Crippen LogP contribution is 2.19. The smallest absolute Gasteiger partial charge is 0.231 e. The molecule has 1 saturated heterocycles. The van der Waals surface area contributed by atoms with Gasteiger partial charge < -0.3 is 15.0 Å². The molecule has 7 heteroatoms. The molecule has 0 unspecified atom stereocenters. The third kappa shape index (κ3) is 4.18. The second-order valence-corrected chi connectivity index (χ2v) is 5.81. The number of nitrogens with one attached hydrogen (secondary N) is 1. The van der Waals surface area contributed by atoms with Crippen molar-refractivity contribution in [1.29, 1.82) is 0 Å². The monoisotopic (exact) mass is 299 g/mol. The molecule has 20 heavy (non-hydrogen) atoms. The highest BCUT2D eigenvalue weighted by atomic mass is 35.5. The van der Waals surface area contributed by atoms with Gasteiger partial charge in [0.25, 0.3) is 0 Å². The molecule has 1 aromatic rings. The molecule has 0 saturated carbocycles. The van der Waals surface area contributed by atoms with E-state index in [2.05, 4.69) is 25.2 Å². The van der Waals surface area contributed by atoms with Gasteiger partial charge in [-0.2, -0.15) is 15.0 Å². The van der Waals surface area contributed by atoms with E-state index >= 15 is 0 Å². The Morgan fingerprint density at radius 3 is 2.60 bits per heavy atom. The molecule has 6 nitrogen and oxygen atoms in total. The fraction of sp³-hybridized carbons (Fsp3) is 0.769. The Bertz CT molecular complexity index is 448. The van der Waals surface area contributed by atoms with Gasteiger partial charge >= 0.3 is 0 Å². The number of halogens is 1. The molecule has 0 atom stereocenters. The van der Waals surface area contributed by atoms with E-state index in [1.807, 2.05) is 20.8 Å². The van der Waals surface area contributed by atoms with E-state index in [4.69, 9.17) is 16.3 Å². The fourth-order valence-corrected chi connectivity index (χ4v) is 2.37. The van der Waals surface area contributed by atoms with E-state index in [0.717, 1.165) is 13.1 Å². The molecule has 1 aliphatic heterocycles. The number of ether oxygens (including phenoxy) is 1. The molecule has 0 spiro atoms. The molecule has 1 aliphatic rings. The van der Waals surface area contributed by atoms with Crippen LogP contribution in [-0.4, -0.2) is 46.8 Å². The van der Waals surface area contributed by atoms with Crippen LogP contribution in [0.1, 0.15) is 33.6 Å². The van der Waals surface area contributed by atoms with Crippen molar-refractivity contribution < 1.29 is 4.74 Å². The van der Waals surface area contributed by atoms with Crippen LogP contribution >= 0.6 is 11.6 Å². The first kappa shape index (κ1) is 15.3. The maximum Gasteiger partial charge on any atom is 0.231 e. The van der Waals surface area contributed by atoms with Gasteiger partial charge in [0.15, 0.2) is 0 Å². The average Bonchev–Trinajstić information content (AvgIpc) is 2.90. The summed E-state index contributed by atoms with van der Waals surface area (Å²) in [4.78, 5) is 14.9. The van der Waals surface area contributed by atoms with E-state index in [9.17, 15) is 0 Å². The normalized spacial score (nSPS) is 15.7. The topological polar surface area (TPSA) is 63.2 Å². The second-order valence-electron chi connectivity index (χ2n) is 5.47. The summed E-state index contributed by atoms with van der Waals surface area (Å²) in [7, 11) is 0. The van der Waals surface area contributed by atoms with Crippen LogP contribution in [0.3, 0.4) is 0 Å². The van der Waals surface area contributed by atoms with Crippen LogP contribution < -0.4 is 10.2 Å². The number of nitrogens with zero attached hydrogens (tertiary/aromatic N) is 4. The molecule has 0 aromatic carbocycles. The van der Waals surface area contributed by atoms with Gasteiger partial charge in [-0.05, 0) is 45.2 Å². The summed E-state index contributed by atoms with van der Waals surface area (Å²) in [5.74, 6) is 1.15. The number of rotatable bonds is 6. The van der Waals surface area contributed by atoms with Crippen LogP contribution in [0.15, 0.2) is 0 Å². The van der Waals surface area contributed by atoms with Gasteiger partial charge in [-0.3, -0.25) is 0 Å². The van der Waals surface area contributed by atoms with Crippen LogP contribution in [-0.2, 0) is 4.74 Å². The van der Waals surface area contributed by atoms with Gasteiger partial charge in [0, 0.05) is 26.2 Å². The molecule has 0 bridgehead atoms. The Labute approximate surface area is 124 Å². The molecular formula is C13H22ClN5O. The van der Waals surface area contributed by atoms with Crippen molar-refractivity contribution in [3.8, 4) is 0 Å². The van der Waals surface area contributed by atoms with Crippen molar-refractivity contribution in [1.82, 2.24) is 15.0 Å². The summed E-state index contributed by atoms with van der Waals surface area (Å²) in [5, 5.41) is 3.40. The summed E-state index contributed by atoms with van der Waals surface area (Å²) >= 11 is 5.98. The van der Waals surface area contributed by atoms with Crippen molar-refractivity contribution in [3.05, 3.63) is 5.28 Å². The number of hydrogen-bond donors (Lipinski definition) is 1. The van der Waals surface area contributed by atoms with Gasteiger partial charge in [-0.25, -0.2) is 0 Å². The van der Waals surface area contributed by atoms with Crippen molar-refractivity contribution in [2.45, 2.75) is 39.2 Å². The third-order valence-electron chi connectivity index (χ3n) is 3.19. The van der Waals surface area contributed by atoms with Crippen molar-refractivity contribution in [3.63, 3.8) is 0 Å². The van der Waals surface area contributed by atoms with E-state index < -0.39 is 0 Å². The average molecular weight is 300 g/mol. The predicted octanol–water partition coefficient (Wildman–Crippen LogP) is 2.35. The first-order valence-electron chi connectivity index (χ1n) is 7.04. The van der Waals surface area contributed by atoms with E-state index in [1.54, 1.807) is 0 Å². The number of aromatic nitrogens is 3. The molecular weight excluding hydrogens is 278 g/mol. The molecule has 1 fully saturated rings. The van der Waals surface area contributed by atoms with Crippen LogP contribution in [0.25, 0.3) is 0 Å². The summed E-state index contributed by atoms with van der Waals surface area (Å²) < 4.78 is 5.63. The van der Waals surface area contributed by atoms with E-state index in [-0.39, 0.29) is 10.9 Å². The number of anilines is 2. The minimum atomic E-state index is -0.276. The van der Waals surface area contributed by atoms with Crippen LogP contribution in [0.4, 0.5) is 11.9 Å². The van der Waals surface area contributed by atoms with Gasteiger partial charge in [0.2, 0.25) is 17.2 Å². The molecule has 1 aromatic heterocycles. The van der Waals surface area contributed by atoms with Gasteiger partial charge in [-0.1, -0.05) is 0 Å². The second kappa shape index (κ2) is 6.54. The maximum absolute atomic E-state index is 5.98. The molecule has 0 amide bonds. The summed E-state index contributed by atoms with van der Waals surface area (Å²) in [6, 6.07) is 0. The Morgan fingerprint density at radius 2 is 1.95 bits per heavy atom. The lowest BCUT2D eigenvalue weighted by atomic mass is 10.1. The summed E-state index contributed by atoms with van der Waals surface area (Å²) in [5.41, 5.74) is -0.276. The minimum Gasteiger partial charge on any atom is -0.374 e. The van der Waals surface area contributed by atoms with Crippen LogP contribution in [0, 0.1) is 0 Å². The van der Waals surface area contributed by atoms with Crippen molar-refractivity contribution in [2.24, 2.45) is 0 Å². The first-order chi connectivity index (χ1) is 9.50. The van der Waals surface area contributed by atoms with E-state index in [0.29, 0.717) is 25.0 Å². The van der Waals surface area contributed by atoms with E-state index in [1.165, 1.54) is 12.8 Å². The van der Waals surface area contributed by atoms with Gasteiger partial charge in [-0.15, -0.1) is 0 Å². The minimum absolute atomic E-state index is 0.221. The molecule has 1 N–H and O–H groups in total. The highest BCUT2D eigenvalue weighted by molar-refractivity contribution is 6.28. The SMILES string of the molecule is CCOC(C)(C)CNc1nc(Cl)nc(N2CCCC2)n1. The van der Waals surface area contributed by atoms with Crippen molar-refractivity contribution in [2.75, 3.05) is 36.5 Å². The first-order valence-corrected chi connectivity index (χ1v) is 7.42. The Morgan fingerprint density at radius 1 is 1.25 bits per heavy atom. The van der Waals surface area contributed by atoms with Gasteiger partial charge in [0.05, 0.1) is 5.60 Å². The standard InChI is InChI=1S/C13H22ClN5O/c1-4-20-13(2,3)9-15-11-16-10(14)17-12(18-11)19-7-5-6-8-19/h4-9H2,1-3H3,(H,15,16,17,18). The molecule has 0 aliphatic carbocycles. The maximum atomic E-state index is 5.98. The highest BCUT2D eigenvalue weighted by Gasteiger charge is 2.20. The number of hydrogen-bond acceptors (Lipinski definition) is 6.